The highest BCUT2D eigenvalue weighted by Gasteiger charge is 2.50. The molecule has 3 rings (SSSR count). The SMILES string of the molecule is C[C@@H](O)[C@@H](NC(=O)C1CCCC1)C(=O)N1CC[C@](O)(c2ccc(Cl)cc2)C(C)(C)C1. The van der Waals surface area contributed by atoms with Crippen LogP contribution in [0.4, 0.5) is 0 Å². The van der Waals surface area contributed by atoms with E-state index in [0.29, 0.717) is 24.5 Å². The van der Waals surface area contributed by atoms with Crippen LogP contribution in [0.15, 0.2) is 24.3 Å². The van der Waals surface area contributed by atoms with Crippen molar-refractivity contribution in [1.82, 2.24) is 10.2 Å². The Balaban J connectivity index is 1.73. The van der Waals surface area contributed by atoms with E-state index in [9.17, 15) is 19.8 Å². The normalized spacial score (nSPS) is 26.3. The van der Waals surface area contributed by atoms with Gasteiger partial charge in [-0.15, -0.1) is 0 Å². The van der Waals surface area contributed by atoms with Crippen molar-refractivity contribution in [3.63, 3.8) is 0 Å². The fourth-order valence-electron chi connectivity index (χ4n) is 4.82. The fraction of sp³-hybridized carbons (Fsp3) is 0.652. The lowest BCUT2D eigenvalue weighted by Gasteiger charge is -2.51. The zero-order chi connectivity index (χ0) is 22.1. The highest BCUT2D eigenvalue weighted by molar-refractivity contribution is 6.30. The standard InChI is InChI=1S/C23H33ClN2O4/c1-15(27)19(25-20(28)16-6-4-5-7-16)21(29)26-13-12-23(30,22(2,3)14-26)17-8-10-18(24)11-9-17/h8-11,15-16,19,27,30H,4-7,12-14H2,1-3H3,(H,25,28)/t15-,19-,23+/m1/s1. The summed E-state index contributed by atoms with van der Waals surface area (Å²) in [5.41, 5.74) is -0.972. The number of rotatable bonds is 5. The number of piperidine rings is 1. The summed E-state index contributed by atoms with van der Waals surface area (Å²) in [6.07, 6.45) is 3.07. The van der Waals surface area contributed by atoms with E-state index < -0.39 is 23.2 Å². The van der Waals surface area contributed by atoms with Gasteiger partial charge in [0.25, 0.3) is 0 Å². The molecule has 166 valence electrons. The van der Waals surface area contributed by atoms with Gasteiger partial charge >= 0.3 is 0 Å². The van der Waals surface area contributed by atoms with E-state index in [0.717, 1.165) is 31.2 Å². The van der Waals surface area contributed by atoms with Crippen molar-refractivity contribution in [3.8, 4) is 0 Å². The van der Waals surface area contributed by atoms with Crippen molar-refractivity contribution in [3.05, 3.63) is 34.9 Å². The van der Waals surface area contributed by atoms with E-state index in [4.69, 9.17) is 11.6 Å². The Morgan fingerprint density at radius 1 is 1.20 bits per heavy atom. The minimum Gasteiger partial charge on any atom is -0.391 e. The van der Waals surface area contributed by atoms with Gasteiger partial charge in [-0.05, 0) is 43.9 Å². The highest BCUT2D eigenvalue weighted by atomic mass is 35.5. The van der Waals surface area contributed by atoms with Gasteiger partial charge in [0.2, 0.25) is 11.8 Å². The lowest BCUT2D eigenvalue weighted by atomic mass is 9.66. The van der Waals surface area contributed by atoms with Gasteiger partial charge in [-0.1, -0.05) is 50.4 Å². The molecule has 0 spiro atoms. The number of halogens is 1. The Morgan fingerprint density at radius 2 is 1.80 bits per heavy atom. The topological polar surface area (TPSA) is 89.9 Å². The first-order valence-electron chi connectivity index (χ1n) is 10.8. The number of benzene rings is 1. The number of amides is 2. The first kappa shape index (κ1) is 23.0. The van der Waals surface area contributed by atoms with Crippen molar-refractivity contribution in [2.24, 2.45) is 11.3 Å². The molecule has 3 atom stereocenters. The molecule has 0 aromatic heterocycles. The Morgan fingerprint density at radius 3 is 2.33 bits per heavy atom. The number of aliphatic hydroxyl groups excluding tert-OH is 1. The van der Waals surface area contributed by atoms with E-state index in [1.165, 1.54) is 6.92 Å². The molecule has 1 saturated carbocycles. The summed E-state index contributed by atoms with van der Waals surface area (Å²) < 4.78 is 0. The first-order valence-corrected chi connectivity index (χ1v) is 11.2. The van der Waals surface area contributed by atoms with Gasteiger partial charge in [-0.25, -0.2) is 0 Å². The molecule has 1 heterocycles. The van der Waals surface area contributed by atoms with Crippen molar-refractivity contribution in [2.75, 3.05) is 13.1 Å². The van der Waals surface area contributed by atoms with Crippen molar-refractivity contribution in [1.29, 1.82) is 0 Å². The van der Waals surface area contributed by atoms with Crippen molar-refractivity contribution < 1.29 is 19.8 Å². The summed E-state index contributed by atoms with van der Waals surface area (Å²) >= 11 is 5.99. The lowest BCUT2D eigenvalue weighted by molar-refractivity contribution is -0.158. The van der Waals surface area contributed by atoms with Crippen LogP contribution in [0.25, 0.3) is 0 Å². The second-order valence-corrected chi connectivity index (χ2v) is 9.91. The number of carbonyl (C=O) groups excluding carboxylic acids is 2. The Labute approximate surface area is 183 Å². The van der Waals surface area contributed by atoms with E-state index in [1.807, 2.05) is 26.0 Å². The molecule has 1 aromatic rings. The van der Waals surface area contributed by atoms with E-state index in [2.05, 4.69) is 5.32 Å². The minimum absolute atomic E-state index is 0.0770. The number of aliphatic hydroxyl groups is 2. The van der Waals surface area contributed by atoms with E-state index >= 15 is 0 Å². The van der Waals surface area contributed by atoms with Crippen LogP contribution in [0.1, 0.15) is 58.4 Å². The molecule has 30 heavy (non-hydrogen) atoms. The Bertz CT molecular complexity index is 774. The zero-order valence-corrected chi connectivity index (χ0v) is 18.8. The molecule has 2 aliphatic rings. The van der Waals surface area contributed by atoms with Gasteiger partial charge in [-0.2, -0.15) is 0 Å². The highest BCUT2D eigenvalue weighted by Crippen LogP contribution is 2.46. The third-order valence-electron chi connectivity index (χ3n) is 6.85. The zero-order valence-electron chi connectivity index (χ0n) is 18.0. The maximum atomic E-state index is 13.2. The largest absolute Gasteiger partial charge is 0.391 e. The number of hydrogen-bond acceptors (Lipinski definition) is 4. The molecule has 1 aliphatic heterocycles. The average Bonchev–Trinajstić information content (AvgIpc) is 3.22. The molecule has 7 heteroatoms. The van der Waals surface area contributed by atoms with Gasteiger partial charge in [0, 0.05) is 29.4 Å². The van der Waals surface area contributed by atoms with Crippen LogP contribution < -0.4 is 5.32 Å². The van der Waals surface area contributed by atoms with Crippen LogP contribution in [0, 0.1) is 11.3 Å². The third kappa shape index (κ3) is 4.51. The van der Waals surface area contributed by atoms with Crippen molar-refractivity contribution >= 4 is 23.4 Å². The van der Waals surface area contributed by atoms with Gasteiger partial charge in [-0.3, -0.25) is 9.59 Å². The van der Waals surface area contributed by atoms with Crippen LogP contribution in [-0.2, 0) is 15.2 Å². The summed E-state index contributed by atoms with van der Waals surface area (Å²) in [5, 5.41) is 25.1. The molecule has 1 aliphatic carbocycles. The molecule has 0 bridgehead atoms. The van der Waals surface area contributed by atoms with Crippen LogP contribution in [0.5, 0.6) is 0 Å². The molecular weight excluding hydrogens is 404 g/mol. The number of hydrogen-bond donors (Lipinski definition) is 3. The molecule has 3 N–H and O–H groups in total. The predicted octanol–water partition coefficient (Wildman–Crippen LogP) is 2.84. The maximum absolute atomic E-state index is 13.2. The first-order chi connectivity index (χ1) is 14.0. The van der Waals surface area contributed by atoms with Gasteiger partial charge in [0.05, 0.1) is 11.7 Å². The molecule has 1 saturated heterocycles. The maximum Gasteiger partial charge on any atom is 0.247 e. The quantitative estimate of drug-likeness (QED) is 0.662. The number of nitrogens with one attached hydrogen (secondary N) is 1. The Kier molecular flexibility index (Phi) is 6.80. The van der Waals surface area contributed by atoms with Crippen LogP contribution in [0.2, 0.25) is 5.02 Å². The molecule has 1 aromatic carbocycles. The summed E-state index contributed by atoms with van der Waals surface area (Å²) in [4.78, 5) is 27.4. The average molecular weight is 437 g/mol. The summed E-state index contributed by atoms with van der Waals surface area (Å²) in [7, 11) is 0. The summed E-state index contributed by atoms with van der Waals surface area (Å²) in [6, 6.07) is 6.18. The monoisotopic (exact) mass is 436 g/mol. The second kappa shape index (κ2) is 8.85. The van der Waals surface area contributed by atoms with Crippen molar-refractivity contribution in [2.45, 2.75) is 70.6 Å². The molecule has 2 fully saturated rings. The fourth-order valence-corrected chi connectivity index (χ4v) is 4.94. The van der Waals surface area contributed by atoms with E-state index in [-0.39, 0.29) is 17.7 Å². The number of carbonyl (C=O) groups is 2. The van der Waals surface area contributed by atoms with Crippen LogP contribution in [-0.4, -0.2) is 52.2 Å². The Hall–Kier alpha value is -1.63. The summed E-state index contributed by atoms with van der Waals surface area (Å²) in [6.45, 7) is 6.03. The van der Waals surface area contributed by atoms with Crippen LogP contribution >= 0.6 is 11.6 Å². The minimum atomic E-state index is -1.11. The van der Waals surface area contributed by atoms with Crippen LogP contribution in [0.3, 0.4) is 0 Å². The summed E-state index contributed by atoms with van der Waals surface area (Å²) in [5.74, 6) is -0.532. The number of likely N-dealkylation sites (tertiary alicyclic amines) is 1. The molecule has 6 nitrogen and oxygen atoms in total. The lowest BCUT2D eigenvalue weighted by Crippen LogP contribution is -2.61. The molecule has 2 amide bonds. The second-order valence-electron chi connectivity index (χ2n) is 9.47. The molecule has 0 radical (unpaired) electrons. The predicted molar refractivity (Wildman–Crippen MR) is 116 cm³/mol. The molecule has 0 unspecified atom stereocenters. The number of nitrogens with zero attached hydrogens (tertiary/aromatic N) is 1. The molecular formula is C23H33ClN2O4. The van der Waals surface area contributed by atoms with Gasteiger partial charge in [0.1, 0.15) is 6.04 Å². The van der Waals surface area contributed by atoms with Gasteiger partial charge < -0.3 is 20.4 Å². The van der Waals surface area contributed by atoms with E-state index in [1.54, 1.807) is 17.0 Å². The third-order valence-corrected chi connectivity index (χ3v) is 7.11. The smallest absolute Gasteiger partial charge is 0.247 e. The van der Waals surface area contributed by atoms with Gasteiger partial charge in [0.15, 0.2) is 0 Å².